The molecule has 0 saturated heterocycles. The smallest absolute Gasteiger partial charge is 0.261 e. The third-order valence-electron chi connectivity index (χ3n) is 3.43. The molecule has 0 spiro atoms. The summed E-state index contributed by atoms with van der Waals surface area (Å²) < 4.78 is 26.6. The number of nitrogens with zero attached hydrogens (tertiary/aromatic N) is 2. The van der Waals surface area contributed by atoms with Crippen molar-refractivity contribution in [1.29, 1.82) is 5.26 Å². The van der Waals surface area contributed by atoms with Crippen molar-refractivity contribution in [3.63, 3.8) is 0 Å². The molecule has 0 saturated carbocycles. The number of benzene rings is 2. The van der Waals surface area contributed by atoms with Crippen LogP contribution in [0, 0.1) is 11.3 Å². The molecular formula is C16H11ClN2O2S. The highest BCUT2D eigenvalue weighted by Gasteiger charge is 2.36. The first kappa shape index (κ1) is 14.6. The number of hydrogen-bond acceptors (Lipinski definition) is 3. The van der Waals surface area contributed by atoms with E-state index in [4.69, 9.17) is 11.6 Å². The summed E-state index contributed by atoms with van der Waals surface area (Å²) in [7, 11) is -3.96. The van der Waals surface area contributed by atoms with Crippen molar-refractivity contribution < 1.29 is 8.42 Å². The molecule has 0 radical (unpaired) electrons. The maximum absolute atomic E-state index is 12.7. The van der Waals surface area contributed by atoms with Gasteiger partial charge in [-0.15, -0.1) is 0 Å². The van der Waals surface area contributed by atoms with Gasteiger partial charge in [0, 0.05) is 5.56 Å². The molecular weight excluding hydrogens is 320 g/mol. The summed E-state index contributed by atoms with van der Waals surface area (Å²) >= 11 is 6.12. The van der Waals surface area contributed by atoms with E-state index in [0.717, 1.165) is 5.56 Å². The Morgan fingerprint density at radius 2 is 1.68 bits per heavy atom. The number of anilines is 1. The van der Waals surface area contributed by atoms with E-state index in [2.05, 4.69) is 0 Å². The molecule has 6 heteroatoms. The van der Waals surface area contributed by atoms with Gasteiger partial charge in [0.25, 0.3) is 10.0 Å². The summed E-state index contributed by atoms with van der Waals surface area (Å²) in [6, 6.07) is 17.8. The maximum atomic E-state index is 12.7. The fraction of sp³-hybridized carbons (Fsp3) is 0.0625. The van der Waals surface area contributed by atoms with Crippen molar-refractivity contribution in [3.05, 3.63) is 70.6 Å². The SMILES string of the molecule is N#CC1=C(Cl)c2ccccc2N(Cc2ccccc2)S1(=O)=O. The van der Waals surface area contributed by atoms with Gasteiger partial charge in [0.15, 0.2) is 4.91 Å². The van der Waals surface area contributed by atoms with Gasteiger partial charge < -0.3 is 0 Å². The number of rotatable bonds is 2. The number of allylic oxidation sites excluding steroid dienone is 1. The second kappa shape index (κ2) is 5.48. The van der Waals surface area contributed by atoms with Crippen LogP contribution in [-0.4, -0.2) is 8.42 Å². The van der Waals surface area contributed by atoms with Gasteiger partial charge in [-0.2, -0.15) is 5.26 Å². The quantitative estimate of drug-likeness (QED) is 0.847. The molecule has 0 bridgehead atoms. The van der Waals surface area contributed by atoms with Crippen LogP contribution in [0.1, 0.15) is 11.1 Å². The van der Waals surface area contributed by atoms with E-state index >= 15 is 0 Å². The number of nitriles is 1. The Morgan fingerprint density at radius 1 is 1.05 bits per heavy atom. The molecule has 0 aromatic heterocycles. The zero-order valence-corrected chi connectivity index (χ0v) is 13.0. The molecule has 0 fully saturated rings. The molecule has 2 aromatic rings. The highest BCUT2D eigenvalue weighted by atomic mass is 35.5. The lowest BCUT2D eigenvalue weighted by atomic mass is 10.1. The Hall–Kier alpha value is -2.29. The Balaban J connectivity index is 2.20. The van der Waals surface area contributed by atoms with E-state index in [1.54, 1.807) is 30.3 Å². The molecule has 2 aromatic carbocycles. The fourth-order valence-corrected chi connectivity index (χ4v) is 4.28. The first-order valence-electron chi connectivity index (χ1n) is 6.51. The molecule has 3 rings (SSSR count). The molecule has 0 unspecified atom stereocenters. The lowest BCUT2D eigenvalue weighted by Gasteiger charge is -2.30. The van der Waals surface area contributed by atoms with Crippen LogP contribution in [0.4, 0.5) is 5.69 Å². The zero-order valence-electron chi connectivity index (χ0n) is 11.4. The van der Waals surface area contributed by atoms with Gasteiger partial charge in [-0.25, -0.2) is 8.42 Å². The van der Waals surface area contributed by atoms with Crippen molar-refractivity contribution in [2.45, 2.75) is 6.54 Å². The minimum Gasteiger partial charge on any atom is -0.261 e. The van der Waals surface area contributed by atoms with Crippen LogP contribution < -0.4 is 4.31 Å². The highest BCUT2D eigenvalue weighted by Crippen LogP contribution is 2.41. The van der Waals surface area contributed by atoms with Crippen LogP contribution >= 0.6 is 11.6 Å². The summed E-state index contributed by atoms with van der Waals surface area (Å²) in [5, 5.41) is 9.18. The first-order chi connectivity index (χ1) is 10.6. The van der Waals surface area contributed by atoms with Gasteiger partial charge in [0.05, 0.1) is 17.3 Å². The molecule has 0 amide bonds. The van der Waals surface area contributed by atoms with E-state index in [0.29, 0.717) is 11.3 Å². The number of hydrogen-bond donors (Lipinski definition) is 0. The number of para-hydroxylation sites is 1. The third-order valence-corrected chi connectivity index (χ3v) is 5.65. The van der Waals surface area contributed by atoms with Crippen molar-refractivity contribution in [2.24, 2.45) is 0 Å². The van der Waals surface area contributed by atoms with Gasteiger partial charge in [-0.1, -0.05) is 60.1 Å². The number of fused-ring (bicyclic) bond motifs is 1. The molecule has 110 valence electrons. The van der Waals surface area contributed by atoms with Crippen molar-refractivity contribution in [2.75, 3.05) is 4.31 Å². The predicted octanol–water partition coefficient (Wildman–Crippen LogP) is 3.47. The Morgan fingerprint density at radius 3 is 2.36 bits per heavy atom. The summed E-state index contributed by atoms with van der Waals surface area (Å²) in [5.74, 6) is 0. The Labute approximate surface area is 133 Å². The minimum atomic E-state index is -3.96. The number of sulfonamides is 1. The van der Waals surface area contributed by atoms with Gasteiger partial charge in [0.1, 0.15) is 6.07 Å². The number of halogens is 1. The minimum absolute atomic E-state index is 0.0255. The molecule has 1 heterocycles. The summed E-state index contributed by atoms with van der Waals surface area (Å²) in [6.45, 7) is 0.148. The average molecular weight is 331 g/mol. The first-order valence-corrected chi connectivity index (χ1v) is 8.33. The van der Waals surface area contributed by atoms with Crippen LogP contribution in [0.15, 0.2) is 59.5 Å². The van der Waals surface area contributed by atoms with Crippen LogP contribution in [-0.2, 0) is 16.6 Å². The monoisotopic (exact) mass is 330 g/mol. The highest BCUT2D eigenvalue weighted by molar-refractivity contribution is 7.97. The normalized spacial score (nSPS) is 16.1. The molecule has 4 nitrogen and oxygen atoms in total. The van der Waals surface area contributed by atoms with E-state index < -0.39 is 14.9 Å². The second-order valence-corrected chi connectivity index (χ2v) is 6.95. The zero-order chi connectivity index (χ0) is 15.7. The summed E-state index contributed by atoms with van der Waals surface area (Å²) in [5.41, 5.74) is 1.86. The second-order valence-electron chi connectivity index (χ2n) is 4.77. The lowest BCUT2D eigenvalue weighted by Crippen LogP contribution is -2.34. The molecule has 0 atom stereocenters. The summed E-state index contributed by atoms with van der Waals surface area (Å²) in [4.78, 5) is -0.413. The van der Waals surface area contributed by atoms with E-state index in [-0.39, 0.29) is 11.6 Å². The average Bonchev–Trinajstić information content (AvgIpc) is 2.53. The largest absolute Gasteiger partial charge is 0.276 e. The summed E-state index contributed by atoms with van der Waals surface area (Å²) in [6.07, 6.45) is 0. The van der Waals surface area contributed by atoms with E-state index in [9.17, 15) is 13.7 Å². The Bertz CT molecular complexity index is 899. The van der Waals surface area contributed by atoms with Gasteiger partial charge >= 0.3 is 0 Å². The van der Waals surface area contributed by atoms with Crippen LogP contribution in [0.5, 0.6) is 0 Å². The topological polar surface area (TPSA) is 61.2 Å². The van der Waals surface area contributed by atoms with Crippen LogP contribution in [0.2, 0.25) is 0 Å². The molecule has 1 aliphatic heterocycles. The van der Waals surface area contributed by atoms with Crippen LogP contribution in [0.25, 0.3) is 5.03 Å². The molecule has 1 aliphatic rings. The van der Waals surface area contributed by atoms with Gasteiger partial charge in [0.2, 0.25) is 0 Å². The van der Waals surface area contributed by atoms with E-state index in [1.165, 1.54) is 4.31 Å². The van der Waals surface area contributed by atoms with E-state index in [1.807, 2.05) is 30.3 Å². The third kappa shape index (κ3) is 2.27. The lowest BCUT2D eigenvalue weighted by molar-refractivity contribution is 0.597. The van der Waals surface area contributed by atoms with Crippen molar-refractivity contribution in [3.8, 4) is 6.07 Å². The maximum Gasteiger partial charge on any atom is 0.276 e. The standard InChI is InChI=1S/C16H11ClN2O2S/c17-16-13-8-4-5-9-14(13)19(22(20,21)15(16)10-18)11-12-6-2-1-3-7-12/h1-9H,11H2. The van der Waals surface area contributed by atoms with Crippen molar-refractivity contribution >= 4 is 32.3 Å². The Kier molecular flexibility index (Phi) is 3.65. The predicted molar refractivity (Wildman–Crippen MR) is 86.4 cm³/mol. The fourth-order valence-electron chi connectivity index (χ4n) is 2.38. The molecule has 0 aliphatic carbocycles. The van der Waals surface area contributed by atoms with Gasteiger partial charge in [-0.05, 0) is 11.6 Å². The van der Waals surface area contributed by atoms with Crippen molar-refractivity contribution in [1.82, 2.24) is 0 Å². The molecule has 22 heavy (non-hydrogen) atoms. The molecule has 0 N–H and O–H groups in total. The van der Waals surface area contributed by atoms with Gasteiger partial charge in [-0.3, -0.25) is 4.31 Å². The van der Waals surface area contributed by atoms with Crippen LogP contribution in [0.3, 0.4) is 0 Å².